The molecule has 19 heavy (non-hydrogen) atoms. The van der Waals surface area contributed by atoms with Gasteiger partial charge in [-0.25, -0.2) is 0 Å². The first-order chi connectivity index (χ1) is 9.24. The Bertz CT molecular complexity index is 511. The van der Waals surface area contributed by atoms with Crippen molar-refractivity contribution >= 4 is 11.3 Å². The minimum Gasteiger partial charge on any atom is -0.493 e. The van der Waals surface area contributed by atoms with Gasteiger partial charge in [-0.05, 0) is 52.9 Å². The van der Waals surface area contributed by atoms with Gasteiger partial charge in [0.2, 0.25) is 0 Å². The summed E-state index contributed by atoms with van der Waals surface area (Å²) in [6, 6.07) is 8.01. The van der Waals surface area contributed by atoms with E-state index in [2.05, 4.69) is 16.8 Å². The lowest BCUT2D eigenvalue weighted by Gasteiger charge is -2.14. The van der Waals surface area contributed by atoms with Gasteiger partial charge >= 0.3 is 0 Å². The monoisotopic (exact) mass is 277 g/mol. The van der Waals surface area contributed by atoms with Crippen LogP contribution < -0.4 is 15.2 Å². The lowest BCUT2D eigenvalue weighted by molar-refractivity contribution is 0.354. The molecule has 0 fully saturated rings. The maximum atomic E-state index is 6.23. The van der Waals surface area contributed by atoms with E-state index in [1.165, 1.54) is 5.56 Å². The molecule has 1 unspecified atom stereocenters. The van der Waals surface area contributed by atoms with Crippen molar-refractivity contribution in [2.75, 3.05) is 14.2 Å². The summed E-state index contributed by atoms with van der Waals surface area (Å²) in [6.07, 6.45) is 1.92. The Labute approximate surface area is 118 Å². The van der Waals surface area contributed by atoms with Crippen LogP contribution in [0.4, 0.5) is 0 Å². The standard InChI is InChI=1S/C15H19NO2S/c1-17-14-6-4-12(9-15(14)18-2)13(16)5-3-11-7-8-19-10-11/h4,6-10,13H,3,5,16H2,1-2H3. The Kier molecular flexibility index (Phi) is 4.82. The second-order valence-electron chi connectivity index (χ2n) is 4.39. The lowest BCUT2D eigenvalue weighted by atomic mass is 10.0. The van der Waals surface area contributed by atoms with Crippen molar-refractivity contribution in [3.63, 3.8) is 0 Å². The van der Waals surface area contributed by atoms with E-state index in [1.54, 1.807) is 25.6 Å². The van der Waals surface area contributed by atoms with Crippen molar-refractivity contribution in [3.8, 4) is 11.5 Å². The predicted octanol–water partition coefficient (Wildman–Crippen LogP) is 3.40. The van der Waals surface area contributed by atoms with Gasteiger partial charge < -0.3 is 15.2 Å². The van der Waals surface area contributed by atoms with E-state index in [-0.39, 0.29) is 6.04 Å². The van der Waals surface area contributed by atoms with E-state index in [1.807, 2.05) is 18.2 Å². The fourth-order valence-corrected chi connectivity index (χ4v) is 2.71. The molecule has 1 heterocycles. The number of hydrogen-bond acceptors (Lipinski definition) is 4. The van der Waals surface area contributed by atoms with Crippen molar-refractivity contribution in [2.45, 2.75) is 18.9 Å². The predicted molar refractivity (Wildman–Crippen MR) is 79.1 cm³/mol. The summed E-state index contributed by atoms with van der Waals surface area (Å²) in [4.78, 5) is 0. The van der Waals surface area contributed by atoms with Crippen LogP contribution in [-0.4, -0.2) is 14.2 Å². The summed E-state index contributed by atoms with van der Waals surface area (Å²) < 4.78 is 10.5. The molecule has 1 atom stereocenters. The smallest absolute Gasteiger partial charge is 0.161 e. The summed E-state index contributed by atoms with van der Waals surface area (Å²) in [6.45, 7) is 0. The van der Waals surface area contributed by atoms with E-state index >= 15 is 0 Å². The van der Waals surface area contributed by atoms with Gasteiger partial charge in [0.25, 0.3) is 0 Å². The average molecular weight is 277 g/mol. The summed E-state index contributed by atoms with van der Waals surface area (Å²) in [7, 11) is 3.27. The molecule has 2 aromatic rings. The van der Waals surface area contributed by atoms with E-state index in [0.29, 0.717) is 0 Å². The van der Waals surface area contributed by atoms with Crippen LogP contribution in [0.2, 0.25) is 0 Å². The van der Waals surface area contributed by atoms with Crippen LogP contribution in [0.3, 0.4) is 0 Å². The van der Waals surface area contributed by atoms with Crippen LogP contribution in [0.25, 0.3) is 0 Å². The first-order valence-electron chi connectivity index (χ1n) is 6.23. The minimum atomic E-state index is 0.0136. The van der Waals surface area contributed by atoms with E-state index in [4.69, 9.17) is 15.2 Å². The van der Waals surface area contributed by atoms with Crippen LogP contribution in [-0.2, 0) is 6.42 Å². The number of benzene rings is 1. The molecule has 0 amide bonds. The van der Waals surface area contributed by atoms with E-state index < -0.39 is 0 Å². The van der Waals surface area contributed by atoms with Crippen LogP contribution in [0.15, 0.2) is 35.0 Å². The molecule has 2 N–H and O–H groups in total. The van der Waals surface area contributed by atoms with Crippen molar-refractivity contribution in [2.24, 2.45) is 5.73 Å². The van der Waals surface area contributed by atoms with Gasteiger partial charge in [-0.3, -0.25) is 0 Å². The third-order valence-electron chi connectivity index (χ3n) is 3.16. The topological polar surface area (TPSA) is 44.5 Å². The quantitative estimate of drug-likeness (QED) is 0.880. The number of methoxy groups -OCH3 is 2. The minimum absolute atomic E-state index is 0.0136. The molecule has 2 rings (SSSR count). The van der Waals surface area contributed by atoms with Gasteiger partial charge in [-0.15, -0.1) is 0 Å². The molecule has 1 aromatic carbocycles. The molecule has 0 aliphatic carbocycles. The molecular weight excluding hydrogens is 258 g/mol. The Morgan fingerprint density at radius 2 is 1.95 bits per heavy atom. The Balaban J connectivity index is 2.04. The summed E-state index contributed by atoms with van der Waals surface area (Å²) >= 11 is 1.72. The molecule has 102 valence electrons. The second-order valence-corrected chi connectivity index (χ2v) is 5.17. The lowest BCUT2D eigenvalue weighted by Crippen LogP contribution is -2.11. The first-order valence-corrected chi connectivity index (χ1v) is 7.17. The number of nitrogens with two attached hydrogens (primary N) is 1. The fraction of sp³-hybridized carbons (Fsp3) is 0.333. The summed E-state index contributed by atoms with van der Waals surface area (Å²) in [5.41, 5.74) is 8.66. The number of hydrogen-bond donors (Lipinski definition) is 1. The Morgan fingerprint density at radius 3 is 2.58 bits per heavy atom. The Morgan fingerprint density at radius 1 is 1.16 bits per heavy atom. The van der Waals surface area contributed by atoms with Gasteiger partial charge in [-0.2, -0.15) is 11.3 Å². The van der Waals surface area contributed by atoms with Gasteiger partial charge in [-0.1, -0.05) is 6.07 Å². The first kappa shape index (κ1) is 13.9. The largest absolute Gasteiger partial charge is 0.493 e. The van der Waals surface area contributed by atoms with Crippen LogP contribution >= 0.6 is 11.3 Å². The Hall–Kier alpha value is -1.52. The highest BCUT2D eigenvalue weighted by atomic mass is 32.1. The third-order valence-corrected chi connectivity index (χ3v) is 3.89. The SMILES string of the molecule is COc1ccc(C(N)CCc2ccsc2)cc1OC. The van der Waals surface area contributed by atoms with Gasteiger partial charge in [0.1, 0.15) is 0 Å². The number of aryl methyl sites for hydroxylation is 1. The van der Waals surface area contributed by atoms with Crippen LogP contribution in [0, 0.1) is 0 Å². The number of ether oxygens (including phenoxy) is 2. The second kappa shape index (κ2) is 6.59. The van der Waals surface area contributed by atoms with Gasteiger partial charge in [0.05, 0.1) is 14.2 Å². The molecule has 0 aliphatic rings. The number of thiophene rings is 1. The highest BCUT2D eigenvalue weighted by Crippen LogP contribution is 2.30. The zero-order valence-corrected chi connectivity index (χ0v) is 12.1. The normalized spacial score (nSPS) is 12.2. The molecule has 0 saturated heterocycles. The van der Waals surface area contributed by atoms with Crippen molar-refractivity contribution < 1.29 is 9.47 Å². The van der Waals surface area contributed by atoms with Crippen molar-refractivity contribution in [1.82, 2.24) is 0 Å². The molecule has 0 spiro atoms. The van der Waals surface area contributed by atoms with Crippen molar-refractivity contribution in [3.05, 3.63) is 46.2 Å². The summed E-state index contributed by atoms with van der Waals surface area (Å²) in [5.74, 6) is 1.46. The highest BCUT2D eigenvalue weighted by molar-refractivity contribution is 7.07. The molecule has 3 nitrogen and oxygen atoms in total. The highest BCUT2D eigenvalue weighted by Gasteiger charge is 2.10. The van der Waals surface area contributed by atoms with E-state index in [9.17, 15) is 0 Å². The molecule has 0 radical (unpaired) electrons. The van der Waals surface area contributed by atoms with Crippen LogP contribution in [0.5, 0.6) is 11.5 Å². The van der Waals surface area contributed by atoms with Crippen LogP contribution in [0.1, 0.15) is 23.6 Å². The van der Waals surface area contributed by atoms with Gasteiger partial charge in [0.15, 0.2) is 11.5 Å². The number of rotatable bonds is 6. The zero-order valence-electron chi connectivity index (χ0n) is 11.3. The third kappa shape index (κ3) is 3.49. The van der Waals surface area contributed by atoms with Crippen molar-refractivity contribution in [1.29, 1.82) is 0 Å². The molecule has 0 bridgehead atoms. The molecule has 4 heteroatoms. The molecule has 0 saturated carbocycles. The fourth-order valence-electron chi connectivity index (χ4n) is 2.01. The van der Waals surface area contributed by atoms with Gasteiger partial charge in [0, 0.05) is 6.04 Å². The maximum Gasteiger partial charge on any atom is 0.161 e. The molecule has 0 aliphatic heterocycles. The van der Waals surface area contributed by atoms with E-state index in [0.717, 1.165) is 29.9 Å². The molecule has 1 aromatic heterocycles. The average Bonchev–Trinajstić information content (AvgIpc) is 2.97. The maximum absolute atomic E-state index is 6.23. The zero-order chi connectivity index (χ0) is 13.7. The summed E-state index contributed by atoms with van der Waals surface area (Å²) in [5, 5.41) is 4.26. The molecular formula is C15H19NO2S.